The Morgan fingerprint density at radius 3 is 2.36 bits per heavy atom. The highest BCUT2D eigenvalue weighted by Gasteiger charge is 2.13. The number of esters is 1. The Morgan fingerprint density at radius 1 is 0.964 bits per heavy atom. The van der Waals surface area contributed by atoms with E-state index >= 15 is 0 Å². The van der Waals surface area contributed by atoms with E-state index in [1.165, 1.54) is 0 Å². The van der Waals surface area contributed by atoms with Gasteiger partial charge in [-0.3, -0.25) is 4.79 Å². The number of amides is 1. The van der Waals surface area contributed by atoms with Gasteiger partial charge in [0.15, 0.2) is 5.76 Å². The van der Waals surface area contributed by atoms with Crippen molar-refractivity contribution >= 4 is 17.6 Å². The van der Waals surface area contributed by atoms with Crippen LogP contribution in [0.25, 0.3) is 0 Å². The van der Waals surface area contributed by atoms with E-state index in [1.54, 1.807) is 43.3 Å². The summed E-state index contributed by atoms with van der Waals surface area (Å²) >= 11 is 0. The minimum atomic E-state index is -0.398. The third-order valence-corrected chi connectivity index (χ3v) is 3.94. The second-order valence-electron chi connectivity index (χ2n) is 6.12. The second-order valence-corrected chi connectivity index (χ2v) is 6.12. The van der Waals surface area contributed by atoms with Crippen LogP contribution in [0, 0.1) is 6.92 Å². The number of furan rings is 1. The highest BCUT2D eigenvalue weighted by atomic mass is 16.5. The summed E-state index contributed by atoms with van der Waals surface area (Å²) in [7, 11) is 0. The molecule has 0 atom stereocenters. The maximum absolute atomic E-state index is 12.3. The SMILES string of the molecule is CCOC(=O)c1ccc(NC(=O)c2ccc(COc3ccc(C)cc3)o2)cc1. The molecule has 0 aliphatic rings. The van der Waals surface area contributed by atoms with Gasteiger partial charge in [-0.25, -0.2) is 4.79 Å². The number of nitrogens with one attached hydrogen (secondary N) is 1. The molecule has 1 N–H and O–H groups in total. The van der Waals surface area contributed by atoms with Gasteiger partial charge in [0.2, 0.25) is 0 Å². The molecule has 3 rings (SSSR count). The van der Waals surface area contributed by atoms with E-state index in [1.807, 2.05) is 31.2 Å². The van der Waals surface area contributed by atoms with Crippen LogP contribution in [0.5, 0.6) is 5.75 Å². The molecule has 0 radical (unpaired) electrons. The zero-order chi connectivity index (χ0) is 19.9. The number of rotatable bonds is 7. The summed E-state index contributed by atoms with van der Waals surface area (Å²) in [4.78, 5) is 24.0. The molecule has 0 aliphatic carbocycles. The number of anilines is 1. The highest BCUT2D eigenvalue weighted by molar-refractivity contribution is 6.02. The summed E-state index contributed by atoms with van der Waals surface area (Å²) in [5.74, 6) is 0.671. The molecule has 0 saturated heterocycles. The zero-order valence-electron chi connectivity index (χ0n) is 15.7. The first kappa shape index (κ1) is 19.2. The molecule has 1 amide bonds. The summed E-state index contributed by atoms with van der Waals surface area (Å²) < 4.78 is 16.1. The summed E-state index contributed by atoms with van der Waals surface area (Å²) in [6, 6.07) is 17.4. The monoisotopic (exact) mass is 379 g/mol. The van der Waals surface area contributed by atoms with Gasteiger partial charge >= 0.3 is 5.97 Å². The van der Waals surface area contributed by atoms with Gasteiger partial charge in [-0.15, -0.1) is 0 Å². The van der Waals surface area contributed by atoms with Gasteiger partial charge in [0, 0.05) is 5.69 Å². The van der Waals surface area contributed by atoms with Crippen LogP contribution in [0.1, 0.15) is 39.2 Å². The Labute approximate surface area is 163 Å². The molecule has 0 unspecified atom stereocenters. The Hall–Kier alpha value is -3.54. The van der Waals surface area contributed by atoms with Crippen LogP contribution in [-0.2, 0) is 11.3 Å². The minimum Gasteiger partial charge on any atom is -0.486 e. The van der Waals surface area contributed by atoms with Crippen LogP contribution in [-0.4, -0.2) is 18.5 Å². The zero-order valence-corrected chi connectivity index (χ0v) is 15.7. The molecule has 0 fully saturated rings. The Bertz CT molecular complexity index is 942. The van der Waals surface area contributed by atoms with Gasteiger partial charge in [-0.2, -0.15) is 0 Å². The van der Waals surface area contributed by atoms with Crippen LogP contribution in [0.4, 0.5) is 5.69 Å². The average molecular weight is 379 g/mol. The van der Waals surface area contributed by atoms with Gasteiger partial charge < -0.3 is 19.2 Å². The molecule has 0 bridgehead atoms. The standard InChI is InChI=1S/C22H21NO5/c1-3-26-22(25)16-6-8-17(9-7-16)23-21(24)20-13-12-19(28-20)14-27-18-10-4-15(2)5-11-18/h4-13H,3,14H2,1-2H3,(H,23,24). The highest BCUT2D eigenvalue weighted by Crippen LogP contribution is 2.17. The van der Waals surface area contributed by atoms with Gasteiger partial charge in [0.25, 0.3) is 5.91 Å². The average Bonchev–Trinajstić information content (AvgIpc) is 3.17. The van der Waals surface area contributed by atoms with Crippen molar-refractivity contribution in [3.63, 3.8) is 0 Å². The number of benzene rings is 2. The van der Waals surface area contributed by atoms with E-state index < -0.39 is 5.97 Å². The Kier molecular flexibility index (Phi) is 6.11. The lowest BCUT2D eigenvalue weighted by Gasteiger charge is -2.06. The van der Waals surface area contributed by atoms with Crippen molar-refractivity contribution in [3.8, 4) is 5.75 Å². The Morgan fingerprint density at radius 2 is 1.68 bits per heavy atom. The quantitative estimate of drug-likeness (QED) is 0.607. The molecule has 1 aromatic heterocycles. The molecule has 28 heavy (non-hydrogen) atoms. The van der Waals surface area contributed by atoms with Crippen LogP contribution in [0.3, 0.4) is 0 Å². The lowest BCUT2D eigenvalue weighted by molar-refractivity contribution is 0.0526. The van der Waals surface area contributed by atoms with Gasteiger partial charge in [-0.1, -0.05) is 17.7 Å². The van der Waals surface area contributed by atoms with Crippen LogP contribution < -0.4 is 10.1 Å². The molecule has 0 aliphatic heterocycles. The number of carbonyl (C=O) groups is 2. The van der Waals surface area contributed by atoms with Crippen molar-refractivity contribution < 1.29 is 23.5 Å². The van der Waals surface area contributed by atoms with Gasteiger partial charge in [0.05, 0.1) is 12.2 Å². The lowest BCUT2D eigenvalue weighted by atomic mass is 10.2. The van der Waals surface area contributed by atoms with Crippen LogP contribution in [0.15, 0.2) is 65.1 Å². The number of carbonyl (C=O) groups excluding carboxylic acids is 2. The van der Waals surface area contributed by atoms with Crippen molar-refractivity contribution in [3.05, 3.63) is 83.3 Å². The first-order chi connectivity index (χ1) is 13.5. The van der Waals surface area contributed by atoms with E-state index in [0.717, 1.165) is 11.3 Å². The van der Waals surface area contributed by atoms with Gasteiger partial charge in [0.1, 0.15) is 18.1 Å². The fourth-order valence-electron chi connectivity index (χ4n) is 2.46. The summed E-state index contributed by atoms with van der Waals surface area (Å²) in [6.07, 6.45) is 0. The third-order valence-electron chi connectivity index (χ3n) is 3.94. The number of ether oxygens (including phenoxy) is 2. The molecule has 3 aromatic rings. The van der Waals surface area contributed by atoms with Crippen molar-refractivity contribution in [2.45, 2.75) is 20.5 Å². The maximum atomic E-state index is 12.3. The van der Waals surface area contributed by atoms with Crippen LogP contribution in [0.2, 0.25) is 0 Å². The molecule has 6 nitrogen and oxygen atoms in total. The number of aryl methyl sites for hydroxylation is 1. The van der Waals surface area contributed by atoms with Crippen molar-refractivity contribution in [2.75, 3.05) is 11.9 Å². The molecule has 144 valence electrons. The van der Waals surface area contributed by atoms with Gasteiger partial charge in [-0.05, 0) is 62.4 Å². The first-order valence-electron chi connectivity index (χ1n) is 8.92. The third kappa shape index (κ3) is 5.01. The van der Waals surface area contributed by atoms with E-state index in [9.17, 15) is 9.59 Å². The van der Waals surface area contributed by atoms with E-state index in [-0.39, 0.29) is 18.3 Å². The van der Waals surface area contributed by atoms with E-state index in [2.05, 4.69) is 5.32 Å². The van der Waals surface area contributed by atoms with Crippen molar-refractivity contribution in [2.24, 2.45) is 0 Å². The maximum Gasteiger partial charge on any atom is 0.338 e. The fraction of sp³-hybridized carbons (Fsp3) is 0.182. The number of hydrogen-bond donors (Lipinski definition) is 1. The summed E-state index contributed by atoms with van der Waals surface area (Å²) in [5, 5.41) is 2.72. The van der Waals surface area contributed by atoms with Crippen LogP contribution >= 0.6 is 0 Å². The van der Waals surface area contributed by atoms with Crippen molar-refractivity contribution in [1.29, 1.82) is 0 Å². The smallest absolute Gasteiger partial charge is 0.338 e. The lowest BCUT2D eigenvalue weighted by Crippen LogP contribution is -2.11. The topological polar surface area (TPSA) is 77.8 Å². The van der Waals surface area contributed by atoms with E-state index in [4.69, 9.17) is 13.9 Å². The minimum absolute atomic E-state index is 0.178. The predicted octanol–water partition coefficient (Wildman–Crippen LogP) is 4.60. The molecule has 6 heteroatoms. The second kappa shape index (κ2) is 8.90. The molecule has 0 saturated carbocycles. The molecular weight excluding hydrogens is 358 g/mol. The first-order valence-corrected chi connectivity index (χ1v) is 8.92. The molecule has 1 heterocycles. The molecule has 2 aromatic carbocycles. The fourth-order valence-corrected chi connectivity index (χ4v) is 2.46. The summed E-state index contributed by atoms with van der Waals surface area (Å²) in [5.41, 5.74) is 2.12. The van der Waals surface area contributed by atoms with Crippen molar-refractivity contribution in [1.82, 2.24) is 0 Å². The number of hydrogen-bond acceptors (Lipinski definition) is 5. The molecule has 0 spiro atoms. The molecular formula is C22H21NO5. The predicted molar refractivity (Wildman–Crippen MR) is 105 cm³/mol. The Balaban J connectivity index is 1.56. The normalized spacial score (nSPS) is 10.4. The summed E-state index contributed by atoms with van der Waals surface area (Å²) in [6.45, 7) is 4.29. The largest absolute Gasteiger partial charge is 0.486 e. The van der Waals surface area contributed by atoms with E-state index in [0.29, 0.717) is 23.6 Å².